The minimum absolute atomic E-state index is 0.251. The summed E-state index contributed by atoms with van der Waals surface area (Å²) in [5.74, 6) is 1.61. The molecular weight excluding hydrogens is 389 g/mol. The number of nitrogens with one attached hydrogen (secondary N) is 1. The molecule has 2 amide bonds. The third kappa shape index (κ3) is 3.91. The van der Waals surface area contributed by atoms with Gasteiger partial charge < -0.3 is 24.6 Å². The molecule has 0 atom stereocenters. The molecule has 0 unspecified atom stereocenters. The molecule has 0 radical (unpaired) electrons. The highest BCUT2D eigenvalue weighted by atomic mass is 19.1. The number of carbonyl (C=O) groups is 1. The molecule has 4 rings (SSSR count). The molecule has 3 aromatic rings. The molecule has 0 spiro atoms. The van der Waals surface area contributed by atoms with E-state index in [4.69, 9.17) is 9.47 Å². The molecule has 9 heteroatoms. The third-order valence-electron chi connectivity index (χ3n) is 5.06. The van der Waals surface area contributed by atoms with Gasteiger partial charge in [0.2, 0.25) is 0 Å². The van der Waals surface area contributed by atoms with Gasteiger partial charge in [-0.3, -0.25) is 0 Å². The first-order valence-electron chi connectivity index (χ1n) is 9.52. The Kier molecular flexibility index (Phi) is 5.51. The van der Waals surface area contributed by atoms with Crippen LogP contribution < -0.4 is 19.7 Å². The Labute approximate surface area is 173 Å². The van der Waals surface area contributed by atoms with Crippen LogP contribution in [0.5, 0.6) is 11.5 Å². The molecule has 30 heavy (non-hydrogen) atoms. The van der Waals surface area contributed by atoms with E-state index in [1.54, 1.807) is 31.3 Å². The van der Waals surface area contributed by atoms with E-state index in [0.29, 0.717) is 43.4 Å². The summed E-state index contributed by atoms with van der Waals surface area (Å²) in [5, 5.41) is 3.59. The Morgan fingerprint density at radius 3 is 2.47 bits per heavy atom. The van der Waals surface area contributed by atoms with Crippen molar-refractivity contribution in [2.75, 3.05) is 50.6 Å². The number of benzene rings is 2. The van der Waals surface area contributed by atoms with Crippen molar-refractivity contribution in [1.82, 2.24) is 14.9 Å². The lowest BCUT2D eigenvalue weighted by Crippen LogP contribution is -2.50. The van der Waals surface area contributed by atoms with E-state index in [2.05, 4.69) is 20.2 Å². The zero-order chi connectivity index (χ0) is 21.1. The summed E-state index contributed by atoms with van der Waals surface area (Å²) in [4.78, 5) is 25.1. The highest BCUT2D eigenvalue weighted by molar-refractivity contribution is 5.92. The van der Waals surface area contributed by atoms with Gasteiger partial charge in [-0.2, -0.15) is 0 Å². The molecule has 0 saturated carbocycles. The van der Waals surface area contributed by atoms with E-state index < -0.39 is 0 Å². The fourth-order valence-corrected chi connectivity index (χ4v) is 3.51. The monoisotopic (exact) mass is 411 g/mol. The van der Waals surface area contributed by atoms with Gasteiger partial charge in [0.1, 0.15) is 18.0 Å². The van der Waals surface area contributed by atoms with E-state index in [1.807, 2.05) is 12.1 Å². The lowest BCUT2D eigenvalue weighted by molar-refractivity contribution is 0.208. The molecule has 1 saturated heterocycles. The van der Waals surface area contributed by atoms with Crippen molar-refractivity contribution in [2.45, 2.75) is 0 Å². The number of urea groups is 1. The molecule has 1 fully saturated rings. The van der Waals surface area contributed by atoms with Crippen LogP contribution in [0.25, 0.3) is 10.9 Å². The summed E-state index contributed by atoms with van der Waals surface area (Å²) in [5.41, 5.74) is 1.19. The highest BCUT2D eigenvalue weighted by Gasteiger charge is 2.24. The molecule has 0 aliphatic carbocycles. The van der Waals surface area contributed by atoms with Crippen molar-refractivity contribution in [3.05, 3.63) is 48.5 Å². The third-order valence-corrected chi connectivity index (χ3v) is 5.06. The van der Waals surface area contributed by atoms with E-state index in [1.165, 1.54) is 18.5 Å². The van der Waals surface area contributed by atoms with E-state index in [0.717, 1.165) is 16.7 Å². The molecule has 0 bridgehead atoms. The number of halogens is 1. The summed E-state index contributed by atoms with van der Waals surface area (Å²) in [7, 11) is 3.17. The first kappa shape index (κ1) is 19.7. The van der Waals surface area contributed by atoms with Crippen LogP contribution >= 0.6 is 0 Å². The number of rotatable bonds is 4. The predicted molar refractivity (Wildman–Crippen MR) is 112 cm³/mol. The van der Waals surface area contributed by atoms with Crippen LogP contribution in [0.4, 0.5) is 20.7 Å². The average Bonchev–Trinajstić information content (AvgIpc) is 2.77. The Morgan fingerprint density at radius 1 is 1.03 bits per heavy atom. The second-order valence-corrected chi connectivity index (χ2v) is 6.84. The van der Waals surface area contributed by atoms with Crippen molar-refractivity contribution < 1.29 is 18.7 Å². The van der Waals surface area contributed by atoms with Gasteiger partial charge in [0, 0.05) is 43.3 Å². The number of piperazine rings is 1. The average molecular weight is 411 g/mol. The summed E-state index contributed by atoms with van der Waals surface area (Å²) >= 11 is 0. The largest absolute Gasteiger partial charge is 0.493 e. The molecule has 1 aromatic heterocycles. The number of hydrogen-bond acceptors (Lipinski definition) is 6. The molecule has 8 nitrogen and oxygen atoms in total. The van der Waals surface area contributed by atoms with E-state index in [9.17, 15) is 9.18 Å². The van der Waals surface area contributed by atoms with Crippen LogP contribution in [0, 0.1) is 5.82 Å². The number of carbonyl (C=O) groups excluding carboxylic acids is 1. The Balaban J connectivity index is 1.48. The number of anilines is 2. The topological polar surface area (TPSA) is 79.8 Å². The first-order chi connectivity index (χ1) is 14.6. The minimum atomic E-state index is -0.389. The van der Waals surface area contributed by atoms with Gasteiger partial charge in [-0.05, 0) is 24.3 Å². The van der Waals surface area contributed by atoms with Gasteiger partial charge in [0.15, 0.2) is 11.5 Å². The normalized spacial score (nSPS) is 14.0. The van der Waals surface area contributed by atoms with Crippen molar-refractivity contribution in [3.63, 3.8) is 0 Å². The number of aromatic nitrogens is 2. The quantitative estimate of drug-likeness (QED) is 0.711. The fourth-order valence-electron chi connectivity index (χ4n) is 3.51. The van der Waals surface area contributed by atoms with Crippen molar-refractivity contribution >= 4 is 28.4 Å². The van der Waals surface area contributed by atoms with Crippen LogP contribution in [-0.4, -0.2) is 61.3 Å². The SMILES string of the molecule is COc1cc2ncnc(N3CCN(C(=O)Nc4cccc(F)c4)CC3)c2cc1OC. The van der Waals surface area contributed by atoms with Crippen LogP contribution in [0.3, 0.4) is 0 Å². The molecule has 1 aliphatic rings. The minimum Gasteiger partial charge on any atom is -0.493 e. The first-order valence-corrected chi connectivity index (χ1v) is 9.52. The van der Waals surface area contributed by atoms with Gasteiger partial charge in [-0.25, -0.2) is 19.2 Å². The summed E-state index contributed by atoms with van der Waals surface area (Å²) in [6.45, 7) is 2.24. The predicted octanol–water partition coefficient (Wildman–Crippen LogP) is 3.14. The Morgan fingerprint density at radius 2 is 1.77 bits per heavy atom. The number of hydrogen-bond donors (Lipinski definition) is 1. The molecule has 1 aliphatic heterocycles. The van der Waals surface area contributed by atoms with Crippen LogP contribution in [0.1, 0.15) is 0 Å². The molecular formula is C21H22FN5O3. The smallest absolute Gasteiger partial charge is 0.321 e. The van der Waals surface area contributed by atoms with Gasteiger partial charge in [0.25, 0.3) is 0 Å². The standard InChI is InChI=1S/C21H22FN5O3/c1-29-18-11-16-17(12-19(18)30-2)23-13-24-20(16)26-6-8-27(9-7-26)21(28)25-15-5-3-4-14(22)10-15/h3-5,10-13H,6-9H2,1-2H3,(H,25,28). The maximum atomic E-state index is 13.3. The number of nitrogens with zero attached hydrogens (tertiary/aromatic N) is 4. The number of ether oxygens (including phenoxy) is 2. The zero-order valence-corrected chi connectivity index (χ0v) is 16.8. The number of fused-ring (bicyclic) bond motifs is 1. The summed E-state index contributed by atoms with van der Waals surface area (Å²) in [6.07, 6.45) is 1.52. The Hall–Kier alpha value is -3.62. The van der Waals surface area contributed by atoms with Crippen LogP contribution in [0.2, 0.25) is 0 Å². The van der Waals surface area contributed by atoms with Gasteiger partial charge in [0.05, 0.1) is 19.7 Å². The highest BCUT2D eigenvalue weighted by Crippen LogP contribution is 2.34. The van der Waals surface area contributed by atoms with Crippen LogP contribution in [0.15, 0.2) is 42.7 Å². The van der Waals surface area contributed by atoms with Gasteiger partial charge in [-0.1, -0.05) is 6.07 Å². The van der Waals surface area contributed by atoms with E-state index >= 15 is 0 Å². The maximum Gasteiger partial charge on any atom is 0.321 e. The Bertz CT molecular complexity index is 1070. The van der Waals surface area contributed by atoms with Crippen LogP contribution in [-0.2, 0) is 0 Å². The van der Waals surface area contributed by atoms with Crippen molar-refractivity contribution in [3.8, 4) is 11.5 Å². The second-order valence-electron chi connectivity index (χ2n) is 6.84. The molecule has 2 heterocycles. The summed E-state index contributed by atoms with van der Waals surface area (Å²) in [6, 6.07) is 9.29. The van der Waals surface area contributed by atoms with Gasteiger partial charge >= 0.3 is 6.03 Å². The lowest BCUT2D eigenvalue weighted by atomic mass is 10.2. The molecule has 1 N–H and O–H groups in total. The second kappa shape index (κ2) is 8.40. The fraction of sp³-hybridized carbons (Fsp3) is 0.286. The van der Waals surface area contributed by atoms with Crippen molar-refractivity contribution in [1.29, 1.82) is 0 Å². The van der Waals surface area contributed by atoms with Gasteiger partial charge in [-0.15, -0.1) is 0 Å². The molecule has 2 aromatic carbocycles. The lowest BCUT2D eigenvalue weighted by Gasteiger charge is -2.35. The molecule has 156 valence electrons. The van der Waals surface area contributed by atoms with Crippen molar-refractivity contribution in [2.24, 2.45) is 0 Å². The summed E-state index contributed by atoms with van der Waals surface area (Å²) < 4.78 is 24.1. The number of methoxy groups -OCH3 is 2. The maximum absolute atomic E-state index is 13.3. The zero-order valence-electron chi connectivity index (χ0n) is 16.8. The number of amides is 2. The van der Waals surface area contributed by atoms with E-state index in [-0.39, 0.29) is 11.8 Å².